The second kappa shape index (κ2) is 8.88. The van der Waals surface area contributed by atoms with Gasteiger partial charge < -0.3 is 14.3 Å². The first-order valence-electron chi connectivity index (χ1n) is 8.19. The fraction of sp³-hybridized carbons (Fsp3) is 0.100. The molecule has 3 rings (SSSR count). The number of aliphatic carboxylic acids is 1. The molecule has 0 saturated carbocycles. The average molecular weight is 393 g/mol. The highest BCUT2D eigenvalue weighted by Gasteiger charge is 2.15. The van der Waals surface area contributed by atoms with E-state index in [1.165, 1.54) is 6.08 Å². The van der Waals surface area contributed by atoms with E-state index in [2.05, 4.69) is 16.3 Å². The first kappa shape index (κ1) is 19.2. The van der Waals surface area contributed by atoms with Crippen molar-refractivity contribution in [1.29, 1.82) is 5.26 Å². The van der Waals surface area contributed by atoms with Crippen molar-refractivity contribution in [3.63, 3.8) is 0 Å². The van der Waals surface area contributed by atoms with E-state index in [0.29, 0.717) is 22.8 Å². The van der Waals surface area contributed by atoms with Crippen molar-refractivity contribution in [3.05, 3.63) is 76.0 Å². The number of carbonyl (C=O) groups is 1. The standard InChI is InChI=1S/C20H15N3O4S/c1-13-22-23-20(27-13)28-18(19(24)25)10-16-4-2-3-5-17(16)26-12-15-8-6-14(11-21)7-9-15/h2-10H,12H2,1H3,(H,24,25)/b18-10-. The Bertz CT molecular complexity index is 1050. The summed E-state index contributed by atoms with van der Waals surface area (Å²) in [6, 6.07) is 16.2. The summed E-state index contributed by atoms with van der Waals surface area (Å²) in [7, 11) is 0. The molecule has 0 aliphatic carbocycles. The SMILES string of the molecule is Cc1nnc(S/C(=C\c2ccccc2OCc2ccc(C#N)cc2)C(=O)O)o1. The molecule has 1 heterocycles. The number of carboxylic acid groups (broad SMARTS) is 1. The summed E-state index contributed by atoms with van der Waals surface area (Å²) in [6.07, 6.45) is 1.50. The minimum absolute atomic E-state index is 0.0260. The van der Waals surface area contributed by atoms with Crippen LogP contribution in [0.25, 0.3) is 6.08 Å². The number of aromatic nitrogens is 2. The number of carboxylic acids is 1. The second-order valence-corrected chi connectivity index (χ2v) is 6.63. The summed E-state index contributed by atoms with van der Waals surface area (Å²) in [6.45, 7) is 1.92. The maximum atomic E-state index is 11.6. The smallest absolute Gasteiger partial charge is 0.342 e. The number of rotatable bonds is 7. The summed E-state index contributed by atoms with van der Waals surface area (Å²) >= 11 is 0.875. The van der Waals surface area contributed by atoms with Gasteiger partial charge in [0.2, 0.25) is 5.89 Å². The number of ether oxygens (including phenoxy) is 1. The lowest BCUT2D eigenvalue weighted by atomic mass is 10.1. The van der Waals surface area contributed by atoms with Gasteiger partial charge in [-0.3, -0.25) is 0 Å². The Morgan fingerprint density at radius 2 is 2.00 bits per heavy atom. The highest BCUT2D eigenvalue weighted by Crippen LogP contribution is 2.30. The molecule has 0 spiro atoms. The van der Waals surface area contributed by atoms with Crippen LogP contribution in [-0.2, 0) is 11.4 Å². The summed E-state index contributed by atoms with van der Waals surface area (Å²) in [4.78, 5) is 11.6. The molecule has 0 unspecified atom stereocenters. The largest absolute Gasteiger partial charge is 0.488 e. The third-order valence-corrected chi connectivity index (χ3v) is 4.45. The van der Waals surface area contributed by atoms with Gasteiger partial charge in [-0.15, -0.1) is 10.2 Å². The lowest BCUT2D eigenvalue weighted by Gasteiger charge is -2.10. The molecule has 0 aliphatic heterocycles. The van der Waals surface area contributed by atoms with Crippen molar-refractivity contribution in [2.24, 2.45) is 0 Å². The van der Waals surface area contributed by atoms with Gasteiger partial charge in [-0.25, -0.2) is 4.79 Å². The highest BCUT2D eigenvalue weighted by molar-refractivity contribution is 8.03. The van der Waals surface area contributed by atoms with Gasteiger partial charge in [0.25, 0.3) is 5.22 Å². The zero-order chi connectivity index (χ0) is 19.9. The fourth-order valence-corrected chi connectivity index (χ4v) is 2.96. The molecule has 0 radical (unpaired) electrons. The fourth-order valence-electron chi connectivity index (χ4n) is 2.26. The Hall–Kier alpha value is -3.57. The second-order valence-electron chi connectivity index (χ2n) is 5.64. The van der Waals surface area contributed by atoms with Crippen molar-refractivity contribution >= 4 is 23.8 Å². The molecular formula is C20H15N3O4S. The number of hydrogen-bond acceptors (Lipinski definition) is 7. The van der Waals surface area contributed by atoms with E-state index in [-0.39, 0.29) is 16.7 Å². The molecular weight excluding hydrogens is 378 g/mol. The lowest BCUT2D eigenvalue weighted by molar-refractivity contribution is -0.131. The van der Waals surface area contributed by atoms with Crippen LogP contribution in [0.1, 0.15) is 22.6 Å². The molecule has 0 fully saturated rings. The Morgan fingerprint density at radius 1 is 1.25 bits per heavy atom. The zero-order valence-corrected chi connectivity index (χ0v) is 15.6. The first-order valence-corrected chi connectivity index (χ1v) is 9.00. The van der Waals surface area contributed by atoms with Crippen LogP contribution >= 0.6 is 11.8 Å². The van der Waals surface area contributed by atoms with Crippen molar-refractivity contribution in [1.82, 2.24) is 10.2 Å². The molecule has 2 aromatic carbocycles. The van der Waals surface area contributed by atoms with E-state index in [9.17, 15) is 9.90 Å². The number of nitriles is 1. The van der Waals surface area contributed by atoms with Gasteiger partial charge in [-0.05, 0) is 41.6 Å². The molecule has 140 valence electrons. The normalized spacial score (nSPS) is 11.1. The van der Waals surface area contributed by atoms with Crippen LogP contribution in [0.2, 0.25) is 0 Å². The maximum Gasteiger partial charge on any atom is 0.342 e. The quantitative estimate of drug-likeness (QED) is 0.473. The van der Waals surface area contributed by atoms with Crippen LogP contribution in [0.5, 0.6) is 5.75 Å². The summed E-state index contributed by atoms with van der Waals surface area (Å²) in [5.74, 6) is -0.214. The van der Waals surface area contributed by atoms with Crippen molar-refractivity contribution < 1.29 is 19.1 Å². The van der Waals surface area contributed by atoms with Gasteiger partial charge in [0, 0.05) is 12.5 Å². The molecule has 0 bridgehead atoms. The van der Waals surface area contributed by atoms with Gasteiger partial charge in [0.15, 0.2) is 0 Å². The van der Waals surface area contributed by atoms with Crippen molar-refractivity contribution in [2.45, 2.75) is 18.8 Å². The third kappa shape index (κ3) is 4.99. The van der Waals surface area contributed by atoms with Crippen LogP contribution in [0, 0.1) is 18.3 Å². The van der Waals surface area contributed by atoms with Crippen LogP contribution < -0.4 is 4.74 Å². The molecule has 28 heavy (non-hydrogen) atoms. The van der Waals surface area contributed by atoms with Crippen LogP contribution in [0.4, 0.5) is 0 Å². The molecule has 1 N–H and O–H groups in total. The van der Waals surface area contributed by atoms with Crippen LogP contribution in [0.15, 0.2) is 63.1 Å². The topological polar surface area (TPSA) is 109 Å². The minimum atomic E-state index is -1.11. The Morgan fingerprint density at radius 3 is 2.64 bits per heavy atom. The van der Waals surface area contributed by atoms with E-state index in [1.54, 1.807) is 43.3 Å². The molecule has 0 amide bonds. The molecule has 0 saturated heterocycles. The number of nitrogens with zero attached hydrogens (tertiary/aromatic N) is 3. The maximum absolute atomic E-state index is 11.6. The van der Waals surface area contributed by atoms with E-state index < -0.39 is 5.97 Å². The molecule has 1 aromatic heterocycles. The lowest BCUT2D eigenvalue weighted by Crippen LogP contribution is -1.99. The summed E-state index contributed by atoms with van der Waals surface area (Å²) in [5.41, 5.74) is 2.08. The average Bonchev–Trinajstić information content (AvgIpc) is 3.12. The number of benzene rings is 2. The first-order chi connectivity index (χ1) is 13.5. The molecule has 0 atom stereocenters. The number of aryl methyl sites for hydroxylation is 1. The summed E-state index contributed by atoms with van der Waals surface area (Å²) < 4.78 is 11.1. The van der Waals surface area contributed by atoms with Crippen LogP contribution in [0.3, 0.4) is 0 Å². The van der Waals surface area contributed by atoms with Gasteiger partial charge in [-0.1, -0.05) is 30.3 Å². The zero-order valence-electron chi connectivity index (χ0n) is 14.8. The Balaban J connectivity index is 1.80. The van der Waals surface area contributed by atoms with Crippen LogP contribution in [-0.4, -0.2) is 21.3 Å². The van der Waals surface area contributed by atoms with E-state index >= 15 is 0 Å². The van der Waals surface area contributed by atoms with E-state index in [4.69, 9.17) is 14.4 Å². The predicted molar refractivity (Wildman–Crippen MR) is 102 cm³/mol. The number of hydrogen-bond donors (Lipinski definition) is 1. The van der Waals surface area contributed by atoms with Gasteiger partial charge in [0.1, 0.15) is 17.3 Å². The number of thioether (sulfide) groups is 1. The van der Waals surface area contributed by atoms with Crippen molar-refractivity contribution in [2.75, 3.05) is 0 Å². The summed E-state index contributed by atoms with van der Waals surface area (Å²) in [5, 5.41) is 26.0. The number of para-hydroxylation sites is 1. The van der Waals surface area contributed by atoms with Gasteiger partial charge in [0.05, 0.1) is 11.6 Å². The van der Waals surface area contributed by atoms with E-state index in [0.717, 1.165) is 17.3 Å². The predicted octanol–water partition coefficient (Wildman–Crippen LogP) is 4.05. The van der Waals surface area contributed by atoms with E-state index in [1.807, 2.05) is 12.1 Å². The highest BCUT2D eigenvalue weighted by atomic mass is 32.2. The third-order valence-electron chi connectivity index (χ3n) is 3.60. The Labute approximate surface area is 165 Å². The monoisotopic (exact) mass is 393 g/mol. The molecule has 0 aliphatic rings. The molecule has 8 heteroatoms. The minimum Gasteiger partial charge on any atom is -0.488 e. The molecule has 3 aromatic rings. The van der Waals surface area contributed by atoms with Crippen molar-refractivity contribution in [3.8, 4) is 11.8 Å². The van der Waals surface area contributed by atoms with Gasteiger partial charge >= 0.3 is 5.97 Å². The molecule has 7 nitrogen and oxygen atoms in total. The van der Waals surface area contributed by atoms with Gasteiger partial charge in [-0.2, -0.15) is 5.26 Å². The Kier molecular flexibility index (Phi) is 6.09.